The molecule has 38 heavy (non-hydrogen) atoms. The molecule has 0 radical (unpaired) electrons. The van der Waals surface area contributed by atoms with Gasteiger partial charge in [0.1, 0.15) is 23.5 Å². The lowest BCUT2D eigenvalue weighted by atomic mass is 9.85. The molecule has 2 aliphatic rings. The predicted octanol–water partition coefficient (Wildman–Crippen LogP) is 4.99. The number of aliphatic hydroxyl groups excluding tert-OH is 1. The van der Waals surface area contributed by atoms with Gasteiger partial charge < -0.3 is 24.3 Å². The number of carboxylic acid groups (broad SMARTS) is 1. The van der Waals surface area contributed by atoms with Gasteiger partial charge in [-0.3, -0.25) is 9.69 Å². The summed E-state index contributed by atoms with van der Waals surface area (Å²) < 4.78 is 26.6. The molecular weight excluding hydrogens is 493 g/mol. The molecule has 1 fully saturated rings. The second-order valence-electron chi connectivity index (χ2n) is 10.1. The topological polar surface area (TPSA) is 114 Å². The fraction of sp³-hybridized carbons (Fsp3) is 0.464. The van der Waals surface area contributed by atoms with Crippen LogP contribution < -0.4 is 9.64 Å². The molecule has 4 atom stereocenters. The number of aliphatic carboxylic acids is 1. The van der Waals surface area contributed by atoms with E-state index in [0.29, 0.717) is 42.6 Å². The van der Waals surface area contributed by atoms with Crippen LogP contribution in [-0.4, -0.2) is 52.1 Å². The van der Waals surface area contributed by atoms with Crippen LogP contribution in [0.2, 0.25) is 0 Å². The minimum absolute atomic E-state index is 0.0641. The molecule has 1 amide bonds. The molecule has 1 aromatic heterocycles. The van der Waals surface area contributed by atoms with Gasteiger partial charge in [0.25, 0.3) is 0 Å². The number of benzene rings is 2. The van der Waals surface area contributed by atoms with Crippen LogP contribution in [0.5, 0.6) is 5.75 Å². The summed E-state index contributed by atoms with van der Waals surface area (Å²) in [5, 5.41) is 21.3. The number of carbonyl (C=O) groups is 2. The number of aromatic nitrogens is 2. The Balaban J connectivity index is 1.72. The molecule has 10 heteroatoms. The maximum Gasteiger partial charge on any atom is 0.414 e. The standard InChI is InChI=1S/C28H32FN3O6/c1-15-7-9-19-21(31(15)28(36)38-3)10-11-22-24(19)30-26(25(33)20-14-17(29)8-12-23(20)37-2)32(22)18-6-4-5-16(13-18)27(34)35/h8,10-12,14-16,18,25,33H,4-7,9,13H2,1-3H3,(H,34,35)/t15-,16-,18?,25+/m1/s1. The van der Waals surface area contributed by atoms with E-state index in [1.165, 1.54) is 32.4 Å². The zero-order chi connectivity index (χ0) is 27.1. The summed E-state index contributed by atoms with van der Waals surface area (Å²) in [6.07, 6.45) is 2.01. The summed E-state index contributed by atoms with van der Waals surface area (Å²) >= 11 is 0. The molecule has 5 rings (SSSR count). The van der Waals surface area contributed by atoms with E-state index in [1.54, 1.807) is 4.90 Å². The van der Waals surface area contributed by atoms with Crippen molar-refractivity contribution in [2.75, 3.05) is 19.1 Å². The first-order valence-corrected chi connectivity index (χ1v) is 12.9. The number of aryl methyl sites for hydroxylation is 1. The average Bonchev–Trinajstić information content (AvgIpc) is 3.32. The monoisotopic (exact) mass is 525 g/mol. The normalized spacial score (nSPS) is 22.1. The highest BCUT2D eigenvalue weighted by Crippen LogP contribution is 2.43. The van der Waals surface area contributed by atoms with Crippen molar-refractivity contribution in [3.8, 4) is 5.75 Å². The van der Waals surface area contributed by atoms with Crippen LogP contribution in [0.25, 0.3) is 11.0 Å². The van der Waals surface area contributed by atoms with Crippen LogP contribution in [0.3, 0.4) is 0 Å². The molecule has 1 aliphatic heterocycles. The maximum absolute atomic E-state index is 14.3. The van der Waals surface area contributed by atoms with Gasteiger partial charge in [0.2, 0.25) is 0 Å². The number of rotatable bonds is 5. The SMILES string of the molecule is COC(=O)N1c2ccc3c(nc([C@@H](O)c4cc(F)ccc4OC)n3C3CCC[C@@H](C(=O)O)C3)c2CC[C@H]1C. The van der Waals surface area contributed by atoms with Crippen LogP contribution in [0.1, 0.15) is 68.1 Å². The molecule has 2 N–H and O–H groups in total. The summed E-state index contributed by atoms with van der Waals surface area (Å²) in [7, 11) is 2.79. The summed E-state index contributed by atoms with van der Waals surface area (Å²) in [5.41, 5.74) is 3.15. The van der Waals surface area contributed by atoms with E-state index < -0.39 is 29.9 Å². The quantitative estimate of drug-likeness (QED) is 0.482. The Hall–Kier alpha value is -3.66. The first-order valence-electron chi connectivity index (χ1n) is 12.9. The van der Waals surface area contributed by atoms with E-state index in [2.05, 4.69) is 0 Å². The number of anilines is 1. The molecule has 0 bridgehead atoms. The van der Waals surface area contributed by atoms with Crippen LogP contribution in [0, 0.1) is 11.7 Å². The van der Waals surface area contributed by atoms with Crippen LogP contribution >= 0.6 is 0 Å². The van der Waals surface area contributed by atoms with Gasteiger partial charge in [-0.2, -0.15) is 0 Å². The summed E-state index contributed by atoms with van der Waals surface area (Å²) in [6, 6.07) is 7.37. The number of hydrogen-bond acceptors (Lipinski definition) is 6. The number of amides is 1. The van der Waals surface area contributed by atoms with Crippen LogP contribution in [-0.2, 0) is 16.0 Å². The van der Waals surface area contributed by atoms with Crippen molar-refractivity contribution >= 4 is 28.8 Å². The van der Waals surface area contributed by atoms with Crippen molar-refractivity contribution in [1.29, 1.82) is 0 Å². The molecule has 1 unspecified atom stereocenters. The Morgan fingerprint density at radius 2 is 1.95 bits per heavy atom. The number of aliphatic hydroxyl groups is 1. The molecule has 0 saturated heterocycles. The van der Waals surface area contributed by atoms with E-state index in [4.69, 9.17) is 14.5 Å². The van der Waals surface area contributed by atoms with E-state index >= 15 is 0 Å². The minimum atomic E-state index is -1.33. The second-order valence-corrected chi connectivity index (χ2v) is 10.1. The van der Waals surface area contributed by atoms with Gasteiger partial charge in [-0.15, -0.1) is 0 Å². The van der Waals surface area contributed by atoms with Crippen molar-refractivity contribution in [1.82, 2.24) is 9.55 Å². The van der Waals surface area contributed by atoms with E-state index in [0.717, 1.165) is 23.9 Å². The molecule has 1 aliphatic carbocycles. The third-order valence-corrected chi connectivity index (χ3v) is 7.94. The Kier molecular flexibility index (Phi) is 7.00. The Morgan fingerprint density at radius 3 is 2.66 bits per heavy atom. The molecule has 2 heterocycles. The molecule has 9 nitrogen and oxygen atoms in total. The number of fused-ring (bicyclic) bond motifs is 3. The smallest absolute Gasteiger partial charge is 0.414 e. The second kappa shape index (κ2) is 10.2. The molecular formula is C28H32FN3O6. The van der Waals surface area contributed by atoms with Gasteiger partial charge in [0.15, 0.2) is 0 Å². The summed E-state index contributed by atoms with van der Waals surface area (Å²) in [4.78, 5) is 31.0. The number of nitrogens with zero attached hydrogens (tertiary/aromatic N) is 3. The number of imidazole rings is 1. The van der Waals surface area contributed by atoms with Crippen molar-refractivity contribution in [2.45, 2.75) is 63.6 Å². The lowest BCUT2D eigenvalue weighted by Crippen LogP contribution is -2.42. The highest BCUT2D eigenvalue weighted by molar-refractivity contribution is 5.95. The summed E-state index contributed by atoms with van der Waals surface area (Å²) in [6.45, 7) is 1.96. The Bertz CT molecular complexity index is 1390. The zero-order valence-electron chi connectivity index (χ0n) is 21.7. The van der Waals surface area contributed by atoms with Crippen molar-refractivity contribution < 1.29 is 33.7 Å². The molecule has 3 aromatic rings. The summed E-state index contributed by atoms with van der Waals surface area (Å²) in [5.74, 6) is -1.26. The highest BCUT2D eigenvalue weighted by atomic mass is 19.1. The van der Waals surface area contributed by atoms with Gasteiger partial charge in [0.05, 0.1) is 36.9 Å². The van der Waals surface area contributed by atoms with Crippen molar-refractivity contribution in [3.63, 3.8) is 0 Å². The van der Waals surface area contributed by atoms with Gasteiger partial charge in [0, 0.05) is 23.2 Å². The number of ether oxygens (including phenoxy) is 2. The Labute approximate surface area is 219 Å². The third-order valence-electron chi connectivity index (χ3n) is 7.94. The lowest BCUT2D eigenvalue weighted by molar-refractivity contribution is -0.143. The van der Waals surface area contributed by atoms with E-state index in [9.17, 15) is 24.2 Å². The molecule has 0 spiro atoms. The number of carboxylic acids is 1. The average molecular weight is 526 g/mol. The largest absolute Gasteiger partial charge is 0.496 e. The number of methoxy groups -OCH3 is 2. The third kappa shape index (κ3) is 4.36. The number of carbonyl (C=O) groups excluding carboxylic acids is 1. The first kappa shape index (κ1) is 26.0. The van der Waals surface area contributed by atoms with E-state index in [1.807, 2.05) is 23.6 Å². The van der Waals surface area contributed by atoms with Gasteiger partial charge in [-0.25, -0.2) is 14.2 Å². The minimum Gasteiger partial charge on any atom is -0.496 e. The van der Waals surface area contributed by atoms with Gasteiger partial charge >= 0.3 is 12.1 Å². The zero-order valence-corrected chi connectivity index (χ0v) is 21.7. The van der Waals surface area contributed by atoms with Crippen molar-refractivity contribution in [3.05, 3.63) is 53.1 Å². The lowest BCUT2D eigenvalue weighted by Gasteiger charge is -2.34. The first-order chi connectivity index (χ1) is 18.2. The molecule has 202 valence electrons. The van der Waals surface area contributed by atoms with Gasteiger partial charge in [-0.05, 0) is 69.4 Å². The van der Waals surface area contributed by atoms with Crippen molar-refractivity contribution in [2.24, 2.45) is 5.92 Å². The van der Waals surface area contributed by atoms with Crippen LogP contribution in [0.15, 0.2) is 30.3 Å². The fourth-order valence-electron chi connectivity index (χ4n) is 6.05. The predicted molar refractivity (Wildman–Crippen MR) is 138 cm³/mol. The van der Waals surface area contributed by atoms with E-state index in [-0.39, 0.29) is 23.5 Å². The van der Waals surface area contributed by atoms with Gasteiger partial charge in [-0.1, -0.05) is 6.42 Å². The molecule has 1 saturated carbocycles. The number of hydrogen-bond donors (Lipinski definition) is 2. The highest BCUT2D eigenvalue weighted by Gasteiger charge is 2.36. The Morgan fingerprint density at radius 1 is 1.16 bits per heavy atom. The molecule has 2 aromatic carbocycles. The number of halogens is 1. The fourth-order valence-corrected chi connectivity index (χ4v) is 6.05. The maximum atomic E-state index is 14.3. The van der Waals surface area contributed by atoms with Crippen LogP contribution in [0.4, 0.5) is 14.9 Å².